The molecular weight excluding hydrogens is 262 g/mol. The van der Waals surface area contributed by atoms with E-state index < -0.39 is 9.84 Å². The van der Waals surface area contributed by atoms with E-state index in [0.717, 1.165) is 25.7 Å². The van der Waals surface area contributed by atoms with Gasteiger partial charge in [-0.05, 0) is 37.8 Å². The number of hydrogen-bond acceptors (Lipinski definition) is 4. The van der Waals surface area contributed by atoms with Crippen LogP contribution in [0.4, 0.5) is 0 Å². The fourth-order valence-electron chi connectivity index (χ4n) is 3.29. The Labute approximate surface area is 114 Å². The molecule has 0 aromatic heterocycles. The van der Waals surface area contributed by atoms with Crippen LogP contribution in [-0.4, -0.2) is 32.9 Å². The molecule has 1 aromatic carbocycles. The van der Waals surface area contributed by atoms with Crippen LogP contribution in [0.2, 0.25) is 0 Å². The van der Waals surface area contributed by atoms with Crippen molar-refractivity contribution in [3.63, 3.8) is 0 Å². The average molecular weight is 281 g/mol. The highest BCUT2D eigenvalue weighted by Gasteiger charge is 2.40. The standard InChI is InChI=1S/C14H19NO3S/c1-18-13-4-2-3-5-14(13)19(16,17)12-8-10-6-7-11(9-12)15-10/h2-5,10-12,15H,6-9H2,1H3/t10-,11+,12?. The van der Waals surface area contributed by atoms with E-state index in [1.165, 1.54) is 7.11 Å². The molecule has 2 aliphatic heterocycles. The number of sulfone groups is 1. The molecular formula is C14H19NO3S. The van der Waals surface area contributed by atoms with E-state index in [2.05, 4.69) is 5.32 Å². The van der Waals surface area contributed by atoms with Crippen LogP contribution in [0, 0.1) is 0 Å². The molecule has 0 spiro atoms. The molecule has 104 valence electrons. The summed E-state index contributed by atoms with van der Waals surface area (Å²) in [5, 5.41) is 3.20. The first-order valence-electron chi connectivity index (χ1n) is 6.74. The monoisotopic (exact) mass is 281 g/mol. The lowest BCUT2D eigenvalue weighted by molar-refractivity contribution is 0.391. The van der Waals surface area contributed by atoms with Crippen molar-refractivity contribution in [3.8, 4) is 5.75 Å². The van der Waals surface area contributed by atoms with Gasteiger partial charge in [-0.3, -0.25) is 0 Å². The largest absolute Gasteiger partial charge is 0.495 e. The molecule has 1 N–H and O–H groups in total. The minimum Gasteiger partial charge on any atom is -0.495 e. The van der Waals surface area contributed by atoms with Crippen LogP contribution < -0.4 is 10.1 Å². The van der Waals surface area contributed by atoms with E-state index in [9.17, 15) is 8.42 Å². The lowest BCUT2D eigenvalue weighted by Crippen LogP contribution is -2.43. The topological polar surface area (TPSA) is 55.4 Å². The second-order valence-corrected chi connectivity index (χ2v) is 7.62. The Balaban J connectivity index is 1.94. The van der Waals surface area contributed by atoms with Crippen molar-refractivity contribution in [1.29, 1.82) is 0 Å². The molecule has 0 amide bonds. The quantitative estimate of drug-likeness (QED) is 0.917. The van der Waals surface area contributed by atoms with E-state index in [0.29, 0.717) is 22.7 Å². The van der Waals surface area contributed by atoms with Crippen LogP contribution in [0.5, 0.6) is 5.75 Å². The molecule has 2 aliphatic rings. The number of nitrogens with one attached hydrogen (secondary N) is 1. The molecule has 1 unspecified atom stereocenters. The Morgan fingerprint density at radius 1 is 1.16 bits per heavy atom. The molecule has 2 saturated heterocycles. The minimum atomic E-state index is -3.30. The van der Waals surface area contributed by atoms with Gasteiger partial charge in [0.05, 0.1) is 12.4 Å². The molecule has 0 aliphatic carbocycles. The predicted octanol–water partition coefficient (Wildman–Crippen LogP) is 1.75. The molecule has 4 nitrogen and oxygen atoms in total. The molecule has 1 aromatic rings. The van der Waals surface area contributed by atoms with Gasteiger partial charge in [0.25, 0.3) is 0 Å². The number of benzene rings is 1. The average Bonchev–Trinajstić information content (AvgIpc) is 2.77. The second kappa shape index (κ2) is 4.80. The molecule has 5 heteroatoms. The van der Waals surface area contributed by atoms with Gasteiger partial charge in [0, 0.05) is 12.1 Å². The zero-order chi connectivity index (χ0) is 13.5. The van der Waals surface area contributed by atoms with Crippen LogP contribution in [0.15, 0.2) is 29.2 Å². The zero-order valence-corrected chi connectivity index (χ0v) is 11.8. The van der Waals surface area contributed by atoms with Gasteiger partial charge >= 0.3 is 0 Å². The van der Waals surface area contributed by atoms with Crippen molar-refractivity contribution in [3.05, 3.63) is 24.3 Å². The maximum absolute atomic E-state index is 12.8. The molecule has 3 atom stereocenters. The Kier molecular flexibility index (Phi) is 3.27. The first-order valence-corrected chi connectivity index (χ1v) is 8.29. The summed E-state index contributed by atoms with van der Waals surface area (Å²) < 4.78 is 30.8. The van der Waals surface area contributed by atoms with Crippen molar-refractivity contribution >= 4 is 9.84 Å². The highest BCUT2D eigenvalue weighted by atomic mass is 32.2. The van der Waals surface area contributed by atoms with Crippen molar-refractivity contribution in [2.45, 2.75) is 47.9 Å². The van der Waals surface area contributed by atoms with Gasteiger partial charge in [0.2, 0.25) is 0 Å². The summed E-state index contributed by atoms with van der Waals surface area (Å²) in [7, 11) is -1.78. The smallest absolute Gasteiger partial charge is 0.185 e. The SMILES string of the molecule is COc1ccccc1S(=O)(=O)C1C[C@H]2CC[C@@H](C1)N2. The summed E-state index contributed by atoms with van der Waals surface area (Å²) in [5.41, 5.74) is 0. The number of rotatable bonds is 3. The first kappa shape index (κ1) is 12.9. The normalized spacial score (nSPS) is 30.3. The van der Waals surface area contributed by atoms with Crippen molar-refractivity contribution < 1.29 is 13.2 Å². The van der Waals surface area contributed by atoms with Crippen LogP contribution >= 0.6 is 0 Å². The van der Waals surface area contributed by atoms with Gasteiger partial charge in [-0.1, -0.05) is 12.1 Å². The lowest BCUT2D eigenvalue weighted by atomic mass is 10.1. The van der Waals surface area contributed by atoms with Gasteiger partial charge in [-0.25, -0.2) is 8.42 Å². The van der Waals surface area contributed by atoms with Crippen LogP contribution in [-0.2, 0) is 9.84 Å². The van der Waals surface area contributed by atoms with Crippen LogP contribution in [0.1, 0.15) is 25.7 Å². The number of methoxy groups -OCH3 is 1. The lowest BCUT2D eigenvalue weighted by Gasteiger charge is -2.29. The maximum Gasteiger partial charge on any atom is 0.185 e. The van der Waals surface area contributed by atoms with Crippen molar-refractivity contribution in [1.82, 2.24) is 5.32 Å². The van der Waals surface area contributed by atoms with Crippen molar-refractivity contribution in [2.75, 3.05) is 7.11 Å². The third-order valence-corrected chi connectivity index (χ3v) is 6.46. The molecule has 2 fully saturated rings. The molecule has 19 heavy (non-hydrogen) atoms. The fourth-order valence-corrected chi connectivity index (χ4v) is 5.32. The van der Waals surface area contributed by atoms with E-state index in [-0.39, 0.29) is 5.25 Å². The Morgan fingerprint density at radius 3 is 2.42 bits per heavy atom. The highest BCUT2D eigenvalue weighted by Crippen LogP contribution is 2.35. The molecule has 0 radical (unpaired) electrons. The first-order chi connectivity index (χ1) is 9.11. The van der Waals surface area contributed by atoms with E-state index in [1.807, 2.05) is 0 Å². The summed E-state index contributed by atoms with van der Waals surface area (Å²) in [6.07, 6.45) is 3.64. The third kappa shape index (κ3) is 2.25. The maximum atomic E-state index is 12.8. The fraction of sp³-hybridized carbons (Fsp3) is 0.571. The third-order valence-electron chi connectivity index (χ3n) is 4.24. The number of fused-ring (bicyclic) bond motifs is 2. The zero-order valence-electron chi connectivity index (χ0n) is 11.0. The van der Waals surface area contributed by atoms with Gasteiger partial charge in [0.15, 0.2) is 9.84 Å². The number of hydrogen-bond donors (Lipinski definition) is 1. The van der Waals surface area contributed by atoms with Crippen LogP contribution in [0.3, 0.4) is 0 Å². The minimum absolute atomic E-state index is 0.275. The summed E-state index contributed by atoms with van der Waals surface area (Å²) >= 11 is 0. The van der Waals surface area contributed by atoms with Gasteiger partial charge in [-0.2, -0.15) is 0 Å². The molecule has 0 saturated carbocycles. The molecule has 2 heterocycles. The van der Waals surface area contributed by atoms with Crippen LogP contribution in [0.25, 0.3) is 0 Å². The summed E-state index contributed by atoms with van der Waals surface area (Å²) in [6, 6.07) is 7.65. The number of para-hydroxylation sites is 1. The highest BCUT2D eigenvalue weighted by molar-refractivity contribution is 7.92. The summed E-state index contributed by atoms with van der Waals surface area (Å²) in [4.78, 5) is 0.337. The van der Waals surface area contributed by atoms with Crippen molar-refractivity contribution in [2.24, 2.45) is 0 Å². The molecule has 2 bridgehead atoms. The van der Waals surface area contributed by atoms with E-state index in [1.54, 1.807) is 24.3 Å². The van der Waals surface area contributed by atoms with E-state index in [4.69, 9.17) is 4.74 Å². The predicted molar refractivity (Wildman–Crippen MR) is 73.1 cm³/mol. The molecule has 3 rings (SSSR count). The Hall–Kier alpha value is -1.07. The summed E-state index contributed by atoms with van der Waals surface area (Å²) in [5.74, 6) is 0.452. The van der Waals surface area contributed by atoms with E-state index >= 15 is 0 Å². The number of piperidine rings is 1. The van der Waals surface area contributed by atoms with Gasteiger partial charge < -0.3 is 10.1 Å². The summed E-state index contributed by atoms with van der Waals surface area (Å²) in [6.45, 7) is 0. The van der Waals surface area contributed by atoms with Gasteiger partial charge in [-0.15, -0.1) is 0 Å². The Bertz CT molecular complexity index is 558. The van der Waals surface area contributed by atoms with Gasteiger partial charge in [0.1, 0.15) is 10.6 Å². The number of ether oxygens (including phenoxy) is 1. The second-order valence-electron chi connectivity index (χ2n) is 5.43. The Morgan fingerprint density at radius 2 is 1.79 bits per heavy atom.